The van der Waals surface area contributed by atoms with E-state index in [-0.39, 0.29) is 17.4 Å². The molecule has 1 unspecified atom stereocenters. The summed E-state index contributed by atoms with van der Waals surface area (Å²) < 4.78 is 18.9. The molecule has 1 fully saturated rings. The van der Waals surface area contributed by atoms with Crippen LogP contribution in [0.2, 0.25) is 0 Å². The van der Waals surface area contributed by atoms with Gasteiger partial charge in [-0.15, -0.1) is 0 Å². The maximum Gasteiger partial charge on any atom is 0.328 e. The van der Waals surface area contributed by atoms with Crippen LogP contribution in [0.1, 0.15) is 107 Å². The zero-order valence-electron chi connectivity index (χ0n) is 19.3. The van der Waals surface area contributed by atoms with E-state index < -0.39 is 11.9 Å². The van der Waals surface area contributed by atoms with Crippen molar-refractivity contribution in [3.63, 3.8) is 0 Å². The Morgan fingerprint density at radius 1 is 0.968 bits per heavy atom. The first-order valence-corrected chi connectivity index (χ1v) is 12.4. The molecular weight excluding hydrogens is 393 g/mol. The van der Waals surface area contributed by atoms with Gasteiger partial charge in [0, 0.05) is 12.1 Å². The van der Waals surface area contributed by atoms with Crippen LogP contribution in [-0.4, -0.2) is 36.0 Å². The first-order valence-electron chi connectivity index (χ1n) is 12.4. The SMILES string of the molecule is CCCCCCCCCCCCCCOC(=O)C1CCCN1C(=O)c1cccc(F)c1. The predicted octanol–water partition coefficient (Wildman–Crippen LogP) is 6.67. The molecule has 0 aromatic heterocycles. The molecule has 0 spiro atoms. The first-order chi connectivity index (χ1) is 15.1. The molecule has 2 rings (SSSR count). The lowest BCUT2D eigenvalue weighted by Gasteiger charge is -2.23. The van der Waals surface area contributed by atoms with Crippen LogP contribution in [0.4, 0.5) is 4.39 Å². The van der Waals surface area contributed by atoms with E-state index in [0.717, 1.165) is 19.3 Å². The molecule has 1 aromatic rings. The summed E-state index contributed by atoms with van der Waals surface area (Å²) in [6, 6.07) is 5.07. The molecule has 0 N–H and O–H groups in total. The van der Waals surface area contributed by atoms with Gasteiger partial charge in [0.2, 0.25) is 0 Å². The number of amides is 1. The van der Waals surface area contributed by atoms with Crippen molar-refractivity contribution in [2.75, 3.05) is 13.2 Å². The van der Waals surface area contributed by atoms with Crippen molar-refractivity contribution >= 4 is 11.9 Å². The third-order valence-electron chi connectivity index (χ3n) is 6.10. The summed E-state index contributed by atoms with van der Waals surface area (Å²) in [6.07, 6.45) is 16.5. The standard InChI is InChI=1S/C26H40FNO3/c1-2-3-4-5-6-7-8-9-10-11-12-13-20-31-26(30)24-18-15-19-28(24)25(29)22-16-14-17-23(27)21-22/h14,16-17,21,24H,2-13,15,18-20H2,1H3. The van der Waals surface area contributed by atoms with Gasteiger partial charge < -0.3 is 9.64 Å². The number of ether oxygens (including phenoxy) is 1. The summed E-state index contributed by atoms with van der Waals surface area (Å²) in [7, 11) is 0. The predicted molar refractivity (Wildman–Crippen MR) is 122 cm³/mol. The highest BCUT2D eigenvalue weighted by atomic mass is 19.1. The molecule has 0 saturated carbocycles. The number of nitrogens with zero attached hydrogens (tertiary/aromatic N) is 1. The normalized spacial score (nSPS) is 15.9. The van der Waals surface area contributed by atoms with E-state index in [1.54, 1.807) is 6.07 Å². The number of carbonyl (C=O) groups is 2. The van der Waals surface area contributed by atoms with Crippen LogP contribution in [0, 0.1) is 5.82 Å². The van der Waals surface area contributed by atoms with Gasteiger partial charge in [-0.3, -0.25) is 4.79 Å². The van der Waals surface area contributed by atoms with Gasteiger partial charge in [0.15, 0.2) is 0 Å². The minimum Gasteiger partial charge on any atom is -0.464 e. The molecular formula is C26H40FNO3. The van der Waals surface area contributed by atoms with Crippen LogP contribution in [0.15, 0.2) is 24.3 Å². The maximum absolute atomic E-state index is 13.4. The number of rotatable bonds is 15. The number of benzene rings is 1. The number of esters is 1. The molecule has 4 nitrogen and oxygen atoms in total. The summed E-state index contributed by atoms with van der Waals surface area (Å²) in [4.78, 5) is 26.7. The Hall–Kier alpha value is -1.91. The van der Waals surface area contributed by atoms with E-state index in [4.69, 9.17) is 4.74 Å². The van der Waals surface area contributed by atoms with Crippen LogP contribution >= 0.6 is 0 Å². The van der Waals surface area contributed by atoms with Gasteiger partial charge in [0.25, 0.3) is 5.91 Å². The Balaban J connectivity index is 1.54. The van der Waals surface area contributed by atoms with Crippen molar-refractivity contribution < 1.29 is 18.7 Å². The fourth-order valence-corrected chi connectivity index (χ4v) is 4.25. The summed E-state index contributed by atoms with van der Waals surface area (Å²) in [5.74, 6) is -1.08. The number of hydrogen-bond acceptors (Lipinski definition) is 3. The van der Waals surface area contributed by atoms with Gasteiger partial charge in [-0.1, -0.05) is 83.6 Å². The zero-order chi connectivity index (χ0) is 22.3. The number of hydrogen-bond donors (Lipinski definition) is 0. The minimum absolute atomic E-state index is 0.278. The van der Waals surface area contributed by atoms with Gasteiger partial charge >= 0.3 is 5.97 Å². The molecule has 0 bridgehead atoms. The van der Waals surface area contributed by atoms with E-state index >= 15 is 0 Å². The number of unbranched alkanes of at least 4 members (excludes halogenated alkanes) is 11. The average molecular weight is 434 g/mol. The van der Waals surface area contributed by atoms with Crippen LogP contribution < -0.4 is 0 Å². The lowest BCUT2D eigenvalue weighted by atomic mass is 10.1. The summed E-state index contributed by atoms with van der Waals surface area (Å²) in [5.41, 5.74) is 0.278. The molecule has 1 heterocycles. The third-order valence-corrected chi connectivity index (χ3v) is 6.10. The van der Waals surface area contributed by atoms with Crippen molar-refractivity contribution in [1.82, 2.24) is 4.90 Å². The van der Waals surface area contributed by atoms with Gasteiger partial charge in [-0.2, -0.15) is 0 Å². The largest absolute Gasteiger partial charge is 0.464 e. The molecule has 0 radical (unpaired) electrons. The molecule has 31 heavy (non-hydrogen) atoms. The maximum atomic E-state index is 13.4. The van der Waals surface area contributed by atoms with Gasteiger partial charge in [-0.25, -0.2) is 9.18 Å². The highest BCUT2D eigenvalue weighted by Crippen LogP contribution is 2.22. The molecule has 1 aliphatic heterocycles. The Labute approximate surface area is 187 Å². The summed E-state index contributed by atoms with van der Waals surface area (Å²) in [6.45, 7) is 3.17. The second-order valence-corrected chi connectivity index (χ2v) is 8.72. The van der Waals surface area contributed by atoms with E-state index in [2.05, 4.69) is 6.92 Å². The van der Waals surface area contributed by atoms with Crippen molar-refractivity contribution in [2.24, 2.45) is 0 Å². The Morgan fingerprint density at radius 3 is 2.19 bits per heavy atom. The smallest absolute Gasteiger partial charge is 0.328 e. The van der Waals surface area contributed by atoms with Crippen LogP contribution in [-0.2, 0) is 9.53 Å². The van der Waals surface area contributed by atoms with Gasteiger partial charge in [0.05, 0.1) is 6.61 Å². The lowest BCUT2D eigenvalue weighted by molar-refractivity contribution is -0.148. The Bertz CT molecular complexity index is 664. The lowest BCUT2D eigenvalue weighted by Crippen LogP contribution is -2.41. The summed E-state index contributed by atoms with van der Waals surface area (Å²) >= 11 is 0. The highest BCUT2D eigenvalue weighted by Gasteiger charge is 2.35. The second kappa shape index (κ2) is 15.0. The molecule has 1 aliphatic rings. The fourth-order valence-electron chi connectivity index (χ4n) is 4.25. The van der Waals surface area contributed by atoms with Crippen LogP contribution in [0.25, 0.3) is 0 Å². The average Bonchev–Trinajstić information content (AvgIpc) is 3.26. The first kappa shape index (κ1) is 25.4. The van der Waals surface area contributed by atoms with Crippen LogP contribution in [0.5, 0.6) is 0 Å². The monoisotopic (exact) mass is 433 g/mol. The fraction of sp³-hybridized carbons (Fsp3) is 0.692. The highest BCUT2D eigenvalue weighted by molar-refractivity contribution is 5.97. The van der Waals surface area contributed by atoms with Gasteiger partial charge in [0.1, 0.15) is 11.9 Å². The van der Waals surface area contributed by atoms with Crippen molar-refractivity contribution in [1.29, 1.82) is 0 Å². The van der Waals surface area contributed by atoms with Crippen LogP contribution in [0.3, 0.4) is 0 Å². The van der Waals surface area contributed by atoms with E-state index in [9.17, 15) is 14.0 Å². The number of likely N-dealkylation sites (tertiary alicyclic amines) is 1. The number of halogens is 1. The van der Waals surface area contributed by atoms with E-state index in [1.165, 1.54) is 87.3 Å². The minimum atomic E-state index is -0.548. The molecule has 5 heteroatoms. The van der Waals surface area contributed by atoms with Gasteiger partial charge in [-0.05, 0) is 37.5 Å². The summed E-state index contributed by atoms with van der Waals surface area (Å²) in [5, 5.41) is 0. The third kappa shape index (κ3) is 9.40. The van der Waals surface area contributed by atoms with Crippen molar-refractivity contribution in [3.8, 4) is 0 Å². The zero-order valence-corrected chi connectivity index (χ0v) is 19.3. The molecule has 174 valence electrons. The Kier molecular flexibility index (Phi) is 12.3. The van der Waals surface area contributed by atoms with E-state index in [0.29, 0.717) is 19.6 Å². The molecule has 0 aliphatic carbocycles. The van der Waals surface area contributed by atoms with E-state index in [1.807, 2.05) is 0 Å². The molecule has 1 aromatic carbocycles. The Morgan fingerprint density at radius 2 is 1.58 bits per heavy atom. The topological polar surface area (TPSA) is 46.6 Å². The number of carbonyl (C=O) groups excluding carboxylic acids is 2. The quantitative estimate of drug-likeness (QED) is 0.229. The molecule has 1 atom stereocenters. The molecule has 1 saturated heterocycles. The van der Waals surface area contributed by atoms with Crippen molar-refractivity contribution in [2.45, 2.75) is 103 Å². The van der Waals surface area contributed by atoms with Crippen molar-refractivity contribution in [3.05, 3.63) is 35.6 Å². The second-order valence-electron chi connectivity index (χ2n) is 8.72. The molecule has 1 amide bonds.